The molecular weight excluding hydrogens is 510 g/mol. The molecule has 0 aromatic heterocycles. The zero-order chi connectivity index (χ0) is 27.1. The van der Waals surface area contributed by atoms with E-state index in [0.717, 1.165) is 0 Å². The van der Waals surface area contributed by atoms with Gasteiger partial charge in [-0.1, -0.05) is 156 Å². The van der Waals surface area contributed by atoms with Crippen LogP contribution in [-0.2, 0) is 23.6 Å². The van der Waals surface area contributed by atoms with E-state index < -0.39 is 13.4 Å². The SMILES string of the molecule is CCCCCCCCCCCC.CCCCCCCCCCCC.OP(O)(O)=S.OP(O)(O)=S. The van der Waals surface area contributed by atoms with Gasteiger partial charge in [0.15, 0.2) is 0 Å². The van der Waals surface area contributed by atoms with Crippen molar-refractivity contribution < 1.29 is 29.4 Å². The molecule has 0 radical (unpaired) electrons. The third kappa shape index (κ3) is 93.5. The molecule has 0 aliphatic rings. The van der Waals surface area contributed by atoms with Crippen LogP contribution in [0.5, 0.6) is 0 Å². The van der Waals surface area contributed by atoms with Crippen molar-refractivity contribution in [3.63, 3.8) is 0 Å². The molecule has 0 spiro atoms. The molecule has 0 unspecified atom stereocenters. The highest BCUT2D eigenvalue weighted by Crippen LogP contribution is 2.27. The summed E-state index contributed by atoms with van der Waals surface area (Å²) in [5.74, 6) is 0. The van der Waals surface area contributed by atoms with Gasteiger partial charge in [-0.3, -0.25) is 0 Å². The number of hydrogen-bond donors (Lipinski definition) is 6. The van der Waals surface area contributed by atoms with E-state index in [1.165, 1.54) is 128 Å². The van der Waals surface area contributed by atoms with Gasteiger partial charge in [-0.2, -0.15) is 0 Å². The summed E-state index contributed by atoms with van der Waals surface area (Å²) in [7, 11) is 0. The van der Waals surface area contributed by atoms with E-state index in [1.54, 1.807) is 0 Å². The molecule has 0 saturated heterocycles. The van der Waals surface area contributed by atoms with Crippen molar-refractivity contribution in [1.82, 2.24) is 0 Å². The highest BCUT2D eigenvalue weighted by molar-refractivity contribution is 8.06. The Kier molecular flexibility index (Phi) is 42.2. The van der Waals surface area contributed by atoms with Crippen LogP contribution in [-0.4, -0.2) is 29.4 Å². The Bertz CT molecular complexity index is 369. The smallest absolute Gasteiger partial charge is 0.319 e. The maximum atomic E-state index is 7.56. The van der Waals surface area contributed by atoms with Crippen LogP contribution in [0.4, 0.5) is 0 Å². The zero-order valence-electron chi connectivity index (χ0n) is 22.5. The summed E-state index contributed by atoms with van der Waals surface area (Å²) in [5, 5.41) is 0. The van der Waals surface area contributed by atoms with Crippen LogP contribution in [0.2, 0.25) is 0 Å². The first kappa shape index (κ1) is 42.2. The van der Waals surface area contributed by atoms with Gasteiger partial charge in [-0.05, 0) is 23.6 Å². The third-order valence-corrected chi connectivity index (χ3v) is 4.91. The van der Waals surface area contributed by atoms with Crippen LogP contribution in [0.15, 0.2) is 0 Å². The van der Waals surface area contributed by atoms with Crippen molar-refractivity contribution in [2.45, 2.75) is 156 Å². The Morgan fingerprint density at radius 2 is 0.412 bits per heavy atom. The zero-order valence-corrected chi connectivity index (χ0v) is 26.0. The highest BCUT2D eigenvalue weighted by Gasteiger charge is 1.93. The van der Waals surface area contributed by atoms with Gasteiger partial charge >= 0.3 is 13.4 Å². The minimum atomic E-state index is -3.81. The molecule has 0 atom stereocenters. The van der Waals surface area contributed by atoms with Crippen LogP contribution in [0.3, 0.4) is 0 Å². The minimum Gasteiger partial charge on any atom is -0.325 e. The molecule has 6 N–H and O–H groups in total. The van der Waals surface area contributed by atoms with Gasteiger partial charge in [0.05, 0.1) is 0 Å². The second-order valence-electron chi connectivity index (χ2n) is 8.68. The fourth-order valence-electron chi connectivity index (χ4n) is 3.12. The molecule has 0 aliphatic carbocycles. The Labute approximate surface area is 222 Å². The summed E-state index contributed by atoms with van der Waals surface area (Å²) in [6.07, 6.45) is 28.9. The van der Waals surface area contributed by atoms with E-state index in [2.05, 4.69) is 51.3 Å². The van der Waals surface area contributed by atoms with E-state index >= 15 is 0 Å². The number of unbranched alkanes of at least 4 members (excludes halogenated alkanes) is 18. The molecule has 0 aromatic rings. The monoisotopic (exact) mass is 568 g/mol. The molecule has 0 aromatic carbocycles. The summed E-state index contributed by atoms with van der Waals surface area (Å²) in [5.41, 5.74) is 0. The van der Waals surface area contributed by atoms with Crippen molar-refractivity contribution in [3.8, 4) is 0 Å². The highest BCUT2D eigenvalue weighted by atomic mass is 32.5. The van der Waals surface area contributed by atoms with Crippen molar-refractivity contribution in [3.05, 3.63) is 0 Å². The number of hydrogen-bond acceptors (Lipinski definition) is 2. The molecule has 0 saturated carbocycles. The van der Waals surface area contributed by atoms with Crippen molar-refractivity contribution in [2.75, 3.05) is 0 Å². The molecular formula is C24H58O6P2S2. The maximum Gasteiger partial charge on any atom is 0.319 e. The van der Waals surface area contributed by atoms with Crippen molar-refractivity contribution >= 4 is 37.1 Å². The Morgan fingerprint density at radius 1 is 0.324 bits per heavy atom. The Balaban J connectivity index is -0.000000191. The standard InChI is InChI=1S/2C12H26.2H3O3PS/c2*1-3-5-7-9-11-12-10-8-6-4-2;2*1-4(2,3)5/h2*3-12H2,1-2H3;2*(H3,1,2,3,5). The topological polar surface area (TPSA) is 121 Å². The number of rotatable bonds is 18. The molecule has 10 heteroatoms. The lowest BCUT2D eigenvalue weighted by molar-refractivity contribution is 0.361. The quantitative estimate of drug-likeness (QED) is 0.0722. The van der Waals surface area contributed by atoms with Gasteiger partial charge in [-0.15, -0.1) is 0 Å². The van der Waals surface area contributed by atoms with Gasteiger partial charge in [0.2, 0.25) is 0 Å². The van der Waals surface area contributed by atoms with E-state index in [0.29, 0.717) is 0 Å². The molecule has 0 bridgehead atoms. The minimum absolute atomic E-state index is 1.37. The summed E-state index contributed by atoms with van der Waals surface area (Å²) in [6.45, 7) is 1.50. The lowest BCUT2D eigenvalue weighted by atomic mass is 10.1. The molecule has 0 aliphatic heterocycles. The molecule has 0 heterocycles. The summed E-state index contributed by atoms with van der Waals surface area (Å²) in [4.78, 5) is 45.3. The summed E-state index contributed by atoms with van der Waals surface area (Å²) < 4.78 is 0. The summed E-state index contributed by atoms with van der Waals surface area (Å²) in [6, 6.07) is 0. The lowest BCUT2D eigenvalue weighted by Crippen LogP contribution is -1.80. The first-order valence-electron chi connectivity index (χ1n) is 13.4. The van der Waals surface area contributed by atoms with Gasteiger partial charge in [0, 0.05) is 0 Å². The Hall–Kier alpha value is 1.06. The van der Waals surface area contributed by atoms with E-state index in [-0.39, 0.29) is 0 Å². The first-order chi connectivity index (χ1) is 15.8. The van der Waals surface area contributed by atoms with Gasteiger partial charge in [0.1, 0.15) is 0 Å². The van der Waals surface area contributed by atoms with Gasteiger partial charge < -0.3 is 29.4 Å². The Morgan fingerprint density at radius 3 is 0.500 bits per heavy atom. The average molecular weight is 569 g/mol. The third-order valence-electron chi connectivity index (χ3n) is 4.91. The average Bonchev–Trinajstić information content (AvgIpc) is 2.70. The molecule has 6 nitrogen and oxygen atoms in total. The van der Waals surface area contributed by atoms with E-state index in [4.69, 9.17) is 29.4 Å². The van der Waals surface area contributed by atoms with Crippen LogP contribution in [0.25, 0.3) is 0 Å². The van der Waals surface area contributed by atoms with Gasteiger partial charge in [-0.25, -0.2) is 0 Å². The largest absolute Gasteiger partial charge is 0.325 e. The predicted octanol–water partition coefficient (Wildman–Crippen LogP) is 8.23. The predicted molar refractivity (Wildman–Crippen MR) is 157 cm³/mol. The fraction of sp³-hybridized carbons (Fsp3) is 1.00. The maximum absolute atomic E-state index is 7.56. The molecule has 0 rings (SSSR count). The molecule has 212 valence electrons. The normalized spacial score (nSPS) is 10.9. The van der Waals surface area contributed by atoms with Crippen molar-refractivity contribution in [1.29, 1.82) is 0 Å². The van der Waals surface area contributed by atoms with Crippen molar-refractivity contribution in [2.24, 2.45) is 0 Å². The van der Waals surface area contributed by atoms with Crippen LogP contribution in [0.1, 0.15) is 156 Å². The van der Waals surface area contributed by atoms with Crippen LogP contribution < -0.4 is 0 Å². The molecule has 34 heavy (non-hydrogen) atoms. The lowest BCUT2D eigenvalue weighted by Gasteiger charge is -1.99. The molecule has 0 amide bonds. The summed E-state index contributed by atoms with van der Waals surface area (Å²) >= 11 is 7.21. The molecule has 0 fully saturated rings. The van der Waals surface area contributed by atoms with Gasteiger partial charge in [0.25, 0.3) is 0 Å². The second kappa shape index (κ2) is 34.1. The van der Waals surface area contributed by atoms with Crippen LogP contribution >= 0.6 is 13.4 Å². The van der Waals surface area contributed by atoms with E-state index in [1.807, 2.05) is 0 Å². The van der Waals surface area contributed by atoms with Crippen LogP contribution in [0, 0.1) is 0 Å². The fourth-order valence-corrected chi connectivity index (χ4v) is 3.12. The first-order valence-corrected chi connectivity index (χ1v) is 18.7. The second-order valence-corrected chi connectivity index (χ2v) is 13.7. The van der Waals surface area contributed by atoms with E-state index in [9.17, 15) is 0 Å².